The predicted molar refractivity (Wildman–Crippen MR) is 107 cm³/mol. The van der Waals surface area contributed by atoms with Crippen LogP contribution in [0, 0.1) is 12.7 Å². The smallest absolute Gasteiger partial charge is 0.249 e. The number of hydrogen-bond acceptors (Lipinski definition) is 2. The summed E-state index contributed by atoms with van der Waals surface area (Å²) >= 11 is 12.1. The average molecular weight is 404 g/mol. The molecule has 0 spiro atoms. The molecule has 1 aromatic heterocycles. The highest BCUT2D eigenvalue weighted by molar-refractivity contribution is 6.35. The van der Waals surface area contributed by atoms with Gasteiger partial charge in [0, 0.05) is 27.9 Å². The van der Waals surface area contributed by atoms with Crippen LogP contribution in [0.5, 0.6) is 0 Å². The summed E-state index contributed by atoms with van der Waals surface area (Å²) in [6.45, 7) is 2.35. The molecule has 4 nitrogen and oxygen atoms in total. The van der Waals surface area contributed by atoms with Gasteiger partial charge in [0.05, 0.1) is 6.54 Å². The first kappa shape index (κ1) is 19.1. The molecule has 7 heteroatoms. The molecular formula is C20H16Cl2FN3O. The largest absolute Gasteiger partial charge is 0.306 e. The molecule has 0 radical (unpaired) electrons. The van der Waals surface area contributed by atoms with Gasteiger partial charge < -0.3 is 5.32 Å². The van der Waals surface area contributed by atoms with Crippen LogP contribution in [0.2, 0.25) is 10.0 Å². The summed E-state index contributed by atoms with van der Waals surface area (Å²) < 4.78 is 14.6. The maximum Gasteiger partial charge on any atom is 0.249 e. The van der Waals surface area contributed by atoms with Crippen LogP contribution in [0.25, 0.3) is 6.08 Å². The van der Waals surface area contributed by atoms with E-state index < -0.39 is 0 Å². The van der Waals surface area contributed by atoms with Crippen LogP contribution in [0.3, 0.4) is 0 Å². The molecular weight excluding hydrogens is 388 g/mol. The second kappa shape index (κ2) is 8.37. The van der Waals surface area contributed by atoms with Crippen molar-refractivity contribution in [2.24, 2.45) is 0 Å². The second-order valence-corrected chi connectivity index (χ2v) is 6.78. The first-order valence-electron chi connectivity index (χ1n) is 8.14. The van der Waals surface area contributed by atoms with Crippen molar-refractivity contribution in [3.63, 3.8) is 0 Å². The van der Waals surface area contributed by atoms with E-state index in [-0.39, 0.29) is 11.7 Å². The normalized spacial score (nSPS) is 11.1. The number of aryl methyl sites for hydroxylation is 1. The number of benzene rings is 2. The fraction of sp³-hybridized carbons (Fsp3) is 0.100. The minimum Gasteiger partial charge on any atom is -0.306 e. The Bertz CT molecular complexity index is 997. The average Bonchev–Trinajstić information content (AvgIpc) is 2.96. The number of rotatable bonds is 5. The highest BCUT2D eigenvalue weighted by Crippen LogP contribution is 2.22. The van der Waals surface area contributed by atoms with Gasteiger partial charge in [0.1, 0.15) is 5.82 Å². The Balaban J connectivity index is 1.66. The van der Waals surface area contributed by atoms with E-state index in [0.29, 0.717) is 22.4 Å². The van der Waals surface area contributed by atoms with Gasteiger partial charge in [-0.1, -0.05) is 41.4 Å². The summed E-state index contributed by atoms with van der Waals surface area (Å²) in [5, 5.41) is 8.22. The van der Waals surface area contributed by atoms with Crippen molar-refractivity contribution in [2.75, 3.05) is 5.32 Å². The Kier molecular flexibility index (Phi) is 5.94. The number of carbonyl (C=O) groups is 1. The molecule has 0 bridgehead atoms. The summed E-state index contributed by atoms with van der Waals surface area (Å²) in [4.78, 5) is 12.1. The molecule has 0 atom stereocenters. The molecule has 0 unspecified atom stereocenters. The zero-order valence-electron chi connectivity index (χ0n) is 14.4. The summed E-state index contributed by atoms with van der Waals surface area (Å²) in [6, 6.07) is 12.9. The van der Waals surface area contributed by atoms with Crippen molar-refractivity contribution in [2.45, 2.75) is 13.5 Å². The van der Waals surface area contributed by atoms with Crippen LogP contribution in [0.1, 0.15) is 16.8 Å². The Labute approximate surface area is 166 Å². The number of hydrogen-bond donors (Lipinski definition) is 1. The van der Waals surface area contributed by atoms with Crippen molar-refractivity contribution < 1.29 is 9.18 Å². The van der Waals surface area contributed by atoms with Gasteiger partial charge in [0.15, 0.2) is 5.82 Å². The number of amides is 1. The standard InChI is InChI=1S/C20H16Cl2FN3O/c1-13-10-19(24-20(27)9-4-14-2-7-17(23)8-3-14)25-26(13)12-15-5-6-16(21)11-18(15)22/h2-11H,12H2,1H3,(H,24,25,27)/b9-4+. The number of carbonyl (C=O) groups excluding carboxylic acids is 1. The van der Waals surface area contributed by atoms with E-state index in [2.05, 4.69) is 10.4 Å². The summed E-state index contributed by atoms with van der Waals surface area (Å²) in [5.41, 5.74) is 2.48. The molecule has 0 aliphatic rings. The van der Waals surface area contributed by atoms with Crippen molar-refractivity contribution in [3.05, 3.63) is 87.3 Å². The lowest BCUT2D eigenvalue weighted by Crippen LogP contribution is -2.09. The van der Waals surface area contributed by atoms with Gasteiger partial charge in [0.2, 0.25) is 5.91 Å². The summed E-state index contributed by atoms with van der Waals surface area (Å²) in [5.74, 6) is -0.210. The minimum absolute atomic E-state index is 0.321. The van der Waals surface area contributed by atoms with E-state index in [4.69, 9.17) is 23.2 Å². The quantitative estimate of drug-likeness (QED) is 0.584. The van der Waals surface area contributed by atoms with Crippen molar-refractivity contribution in [3.8, 4) is 0 Å². The van der Waals surface area contributed by atoms with Gasteiger partial charge in [-0.2, -0.15) is 5.10 Å². The molecule has 3 rings (SSSR count). The predicted octanol–water partition coefficient (Wildman–Crippen LogP) is 5.34. The van der Waals surface area contributed by atoms with Crippen LogP contribution in [0.15, 0.2) is 54.6 Å². The molecule has 0 saturated heterocycles. The molecule has 1 N–H and O–H groups in total. The van der Waals surface area contributed by atoms with Crippen LogP contribution < -0.4 is 5.32 Å². The molecule has 0 aliphatic heterocycles. The minimum atomic E-state index is -0.325. The third-order valence-electron chi connectivity index (χ3n) is 3.86. The van der Waals surface area contributed by atoms with E-state index in [0.717, 1.165) is 16.8 Å². The lowest BCUT2D eigenvalue weighted by Gasteiger charge is -2.07. The molecule has 2 aromatic carbocycles. The van der Waals surface area contributed by atoms with E-state index in [1.807, 2.05) is 13.0 Å². The van der Waals surface area contributed by atoms with E-state index in [1.54, 1.807) is 41.1 Å². The molecule has 3 aromatic rings. The Morgan fingerprint density at radius 2 is 1.93 bits per heavy atom. The van der Waals surface area contributed by atoms with Gasteiger partial charge in [-0.15, -0.1) is 0 Å². The molecule has 1 heterocycles. The van der Waals surface area contributed by atoms with Crippen molar-refractivity contribution >= 4 is 41.0 Å². The SMILES string of the molecule is Cc1cc(NC(=O)/C=C/c2ccc(F)cc2)nn1Cc1ccc(Cl)cc1Cl. The number of aromatic nitrogens is 2. The first-order chi connectivity index (χ1) is 12.9. The fourth-order valence-electron chi connectivity index (χ4n) is 2.46. The molecule has 138 valence electrons. The van der Waals surface area contributed by atoms with Gasteiger partial charge in [-0.05, 0) is 48.4 Å². The third-order valence-corrected chi connectivity index (χ3v) is 4.45. The van der Waals surface area contributed by atoms with Gasteiger partial charge in [0.25, 0.3) is 0 Å². The zero-order chi connectivity index (χ0) is 19.4. The van der Waals surface area contributed by atoms with Gasteiger partial charge >= 0.3 is 0 Å². The highest BCUT2D eigenvalue weighted by Gasteiger charge is 2.09. The van der Waals surface area contributed by atoms with Gasteiger partial charge in [-0.25, -0.2) is 4.39 Å². The third kappa shape index (κ3) is 5.18. The Hall–Kier alpha value is -2.63. The molecule has 1 amide bonds. The summed E-state index contributed by atoms with van der Waals surface area (Å²) in [7, 11) is 0. The number of nitrogens with zero attached hydrogens (tertiary/aromatic N) is 2. The number of halogens is 3. The van der Waals surface area contributed by atoms with E-state index >= 15 is 0 Å². The molecule has 0 aliphatic carbocycles. The molecule has 27 heavy (non-hydrogen) atoms. The van der Waals surface area contributed by atoms with Crippen LogP contribution in [-0.4, -0.2) is 15.7 Å². The summed E-state index contributed by atoms with van der Waals surface area (Å²) in [6.07, 6.45) is 2.98. The maximum absolute atomic E-state index is 12.9. The van der Waals surface area contributed by atoms with E-state index in [9.17, 15) is 9.18 Å². The van der Waals surface area contributed by atoms with Crippen LogP contribution in [0.4, 0.5) is 10.2 Å². The van der Waals surface area contributed by atoms with Crippen molar-refractivity contribution in [1.29, 1.82) is 0 Å². The Morgan fingerprint density at radius 1 is 1.19 bits per heavy atom. The van der Waals surface area contributed by atoms with Crippen LogP contribution >= 0.6 is 23.2 Å². The zero-order valence-corrected chi connectivity index (χ0v) is 15.9. The van der Waals surface area contributed by atoms with Gasteiger partial charge in [-0.3, -0.25) is 9.48 Å². The van der Waals surface area contributed by atoms with Crippen molar-refractivity contribution in [1.82, 2.24) is 9.78 Å². The second-order valence-electron chi connectivity index (χ2n) is 5.94. The van der Waals surface area contributed by atoms with Crippen LogP contribution in [-0.2, 0) is 11.3 Å². The molecule has 0 fully saturated rings. The monoisotopic (exact) mass is 403 g/mol. The number of nitrogens with one attached hydrogen (secondary N) is 1. The highest BCUT2D eigenvalue weighted by atomic mass is 35.5. The Morgan fingerprint density at radius 3 is 2.63 bits per heavy atom. The topological polar surface area (TPSA) is 46.9 Å². The lowest BCUT2D eigenvalue weighted by molar-refractivity contribution is -0.111. The first-order valence-corrected chi connectivity index (χ1v) is 8.89. The van der Waals surface area contributed by atoms with E-state index in [1.165, 1.54) is 18.2 Å². The lowest BCUT2D eigenvalue weighted by atomic mass is 10.2. The fourth-order valence-corrected chi connectivity index (χ4v) is 2.92. The maximum atomic E-state index is 12.9. The number of anilines is 1. The molecule has 0 saturated carbocycles.